The van der Waals surface area contributed by atoms with Crippen molar-refractivity contribution >= 4 is 24.3 Å². The van der Waals surface area contributed by atoms with E-state index in [-0.39, 0.29) is 24.7 Å². The van der Waals surface area contributed by atoms with Gasteiger partial charge in [0.15, 0.2) is 0 Å². The van der Waals surface area contributed by atoms with Gasteiger partial charge < -0.3 is 22.1 Å². The van der Waals surface area contributed by atoms with Crippen molar-refractivity contribution in [1.29, 1.82) is 0 Å². The maximum absolute atomic E-state index is 12.5. The number of benzene rings is 1. The van der Waals surface area contributed by atoms with Crippen molar-refractivity contribution in [2.24, 2.45) is 17.4 Å². The molecule has 142 valence electrons. The van der Waals surface area contributed by atoms with Gasteiger partial charge in [0.05, 0.1) is 12.5 Å². The van der Waals surface area contributed by atoms with Gasteiger partial charge in [0, 0.05) is 12.1 Å². The van der Waals surface area contributed by atoms with Gasteiger partial charge in [-0.2, -0.15) is 0 Å². The van der Waals surface area contributed by atoms with Crippen LogP contribution >= 0.6 is 12.4 Å². The van der Waals surface area contributed by atoms with Crippen molar-refractivity contribution in [2.45, 2.75) is 52.1 Å². The summed E-state index contributed by atoms with van der Waals surface area (Å²) in [6.45, 7) is 8.41. The first-order valence-corrected chi connectivity index (χ1v) is 8.29. The third kappa shape index (κ3) is 7.75. The van der Waals surface area contributed by atoms with E-state index < -0.39 is 17.6 Å². The number of halogens is 1. The van der Waals surface area contributed by atoms with E-state index in [2.05, 4.69) is 24.5 Å². The predicted molar refractivity (Wildman–Crippen MR) is 104 cm³/mol. The Morgan fingerprint density at radius 1 is 1.24 bits per heavy atom. The zero-order valence-corrected chi connectivity index (χ0v) is 16.3. The molecule has 1 rings (SSSR count). The van der Waals surface area contributed by atoms with Crippen molar-refractivity contribution in [2.75, 3.05) is 6.54 Å². The zero-order valence-electron chi connectivity index (χ0n) is 15.5. The summed E-state index contributed by atoms with van der Waals surface area (Å²) in [5, 5.41) is 5.67. The Labute approximate surface area is 156 Å². The van der Waals surface area contributed by atoms with E-state index in [1.807, 2.05) is 38.1 Å². The van der Waals surface area contributed by atoms with Crippen molar-refractivity contribution in [1.82, 2.24) is 10.6 Å². The number of primary amides is 1. The Morgan fingerprint density at radius 3 is 2.32 bits per heavy atom. The Balaban J connectivity index is 0.00000576. The smallest absolute Gasteiger partial charge is 0.312 e. The first kappa shape index (κ1) is 23.2. The van der Waals surface area contributed by atoms with E-state index in [9.17, 15) is 9.59 Å². The summed E-state index contributed by atoms with van der Waals surface area (Å²) in [5.74, 6) is 0.250. The molecule has 3 amide bonds. The molecule has 7 heteroatoms. The van der Waals surface area contributed by atoms with Gasteiger partial charge in [-0.1, -0.05) is 38.1 Å². The Hall–Kier alpha value is -1.79. The van der Waals surface area contributed by atoms with Gasteiger partial charge in [-0.05, 0) is 37.3 Å². The van der Waals surface area contributed by atoms with E-state index >= 15 is 0 Å². The first-order valence-electron chi connectivity index (χ1n) is 8.29. The van der Waals surface area contributed by atoms with E-state index in [4.69, 9.17) is 11.5 Å². The SMILES string of the molecule is Cc1ccccc1C(CC(=O)NC(C)(CN)CC(C)C)NC(N)=O.Cl. The van der Waals surface area contributed by atoms with Gasteiger partial charge in [-0.25, -0.2) is 4.79 Å². The molecule has 0 radical (unpaired) electrons. The quantitative estimate of drug-likeness (QED) is 0.563. The van der Waals surface area contributed by atoms with Crippen LogP contribution in [0.1, 0.15) is 50.8 Å². The summed E-state index contributed by atoms with van der Waals surface area (Å²) in [4.78, 5) is 23.8. The third-order valence-electron chi connectivity index (χ3n) is 4.02. The van der Waals surface area contributed by atoms with Crippen LogP contribution in [0.3, 0.4) is 0 Å². The number of hydrogen-bond donors (Lipinski definition) is 4. The molecule has 6 nitrogen and oxygen atoms in total. The van der Waals surface area contributed by atoms with Crippen LogP contribution in [0.15, 0.2) is 24.3 Å². The number of carbonyl (C=O) groups excluding carboxylic acids is 2. The fraction of sp³-hybridized carbons (Fsp3) is 0.556. The molecule has 2 unspecified atom stereocenters. The van der Waals surface area contributed by atoms with Crippen LogP contribution in [0.25, 0.3) is 0 Å². The van der Waals surface area contributed by atoms with Crippen LogP contribution in [-0.4, -0.2) is 24.0 Å². The lowest BCUT2D eigenvalue weighted by Gasteiger charge is -2.32. The van der Waals surface area contributed by atoms with Crippen LogP contribution in [0.4, 0.5) is 4.79 Å². The second kappa shape index (κ2) is 10.3. The Morgan fingerprint density at radius 2 is 1.84 bits per heavy atom. The first-order chi connectivity index (χ1) is 11.2. The largest absolute Gasteiger partial charge is 0.352 e. The predicted octanol–water partition coefficient (Wildman–Crippen LogP) is 2.40. The molecular weight excluding hydrogens is 340 g/mol. The van der Waals surface area contributed by atoms with Crippen molar-refractivity contribution < 1.29 is 9.59 Å². The molecular formula is C18H31ClN4O2. The Kier molecular flexibility index (Phi) is 9.52. The summed E-state index contributed by atoms with van der Waals surface area (Å²) < 4.78 is 0. The van der Waals surface area contributed by atoms with Crippen molar-refractivity contribution in [3.63, 3.8) is 0 Å². The third-order valence-corrected chi connectivity index (χ3v) is 4.02. The van der Waals surface area contributed by atoms with E-state index in [1.165, 1.54) is 0 Å². The highest BCUT2D eigenvalue weighted by Crippen LogP contribution is 2.22. The number of nitrogens with two attached hydrogens (primary N) is 2. The molecule has 0 spiro atoms. The minimum atomic E-state index is -0.653. The van der Waals surface area contributed by atoms with Crippen LogP contribution in [0.5, 0.6) is 0 Å². The molecule has 6 N–H and O–H groups in total. The number of aryl methyl sites for hydroxylation is 1. The second-order valence-corrected chi connectivity index (χ2v) is 7.03. The number of rotatable bonds is 8. The van der Waals surface area contributed by atoms with Gasteiger partial charge in [-0.15, -0.1) is 12.4 Å². The number of amides is 3. The maximum Gasteiger partial charge on any atom is 0.312 e. The van der Waals surface area contributed by atoms with Gasteiger partial charge in [-0.3, -0.25) is 4.79 Å². The topological polar surface area (TPSA) is 110 Å². The summed E-state index contributed by atoms with van der Waals surface area (Å²) in [6, 6.07) is 6.49. The highest BCUT2D eigenvalue weighted by molar-refractivity contribution is 5.85. The molecule has 0 aliphatic heterocycles. The molecule has 0 saturated carbocycles. The van der Waals surface area contributed by atoms with E-state index in [0.29, 0.717) is 12.5 Å². The molecule has 0 aliphatic carbocycles. The molecule has 1 aromatic carbocycles. The van der Waals surface area contributed by atoms with Crippen molar-refractivity contribution in [3.8, 4) is 0 Å². The average molecular weight is 371 g/mol. The molecule has 0 bridgehead atoms. The maximum atomic E-state index is 12.5. The number of nitrogens with one attached hydrogen (secondary N) is 2. The molecule has 0 aromatic heterocycles. The van der Waals surface area contributed by atoms with Gasteiger partial charge in [0.25, 0.3) is 0 Å². The number of carbonyl (C=O) groups is 2. The van der Waals surface area contributed by atoms with Gasteiger partial charge in [0.2, 0.25) is 5.91 Å². The molecule has 0 aliphatic rings. The van der Waals surface area contributed by atoms with E-state index in [0.717, 1.165) is 17.5 Å². The van der Waals surface area contributed by atoms with Crippen molar-refractivity contribution in [3.05, 3.63) is 35.4 Å². The molecule has 0 heterocycles. The highest BCUT2D eigenvalue weighted by Gasteiger charge is 2.27. The normalized spacial score (nSPS) is 14.2. The molecule has 0 saturated heterocycles. The van der Waals surface area contributed by atoms with Crippen LogP contribution in [0, 0.1) is 12.8 Å². The number of hydrogen-bond acceptors (Lipinski definition) is 3. The monoisotopic (exact) mass is 370 g/mol. The summed E-state index contributed by atoms with van der Waals surface area (Å²) >= 11 is 0. The minimum absolute atomic E-state index is 0. The van der Waals surface area contributed by atoms with Gasteiger partial charge in [0.1, 0.15) is 0 Å². The zero-order chi connectivity index (χ0) is 18.3. The summed E-state index contributed by atoms with van der Waals surface area (Å²) in [6.07, 6.45) is 0.898. The standard InChI is InChI=1S/C18H30N4O2.ClH/c1-12(2)10-18(4,11-19)22-16(23)9-15(21-17(20)24)14-8-6-5-7-13(14)3;/h5-8,12,15H,9-11,19H2,1-4H3,(H,22,23)(H3,20,21,24);1H. The summed E-state index contributed by atoms with van der Waals surface area (Å²) in [7, 11) is 0. The number of urea groups is 1. The molecule has 1 aromatic rings. The lowest BCUT2D eigenvalue weighted by Crippen LogP contribution is -2.52. The Bertz CT molecular complexity index is 580. The summed E-state index contributed by atoms with van der Waals surface area (Å²) in [5.41, 5.74) is 12.5. The second-order valence-electron chi connectivity index (χ2n) is 7.03. The molecule has 0 fully saturated rings. The van der Waals surface area contributed by atoms with Gasteiger partial charge >= 0.3 is 6.03 Å². The highest BCUT2D eigenvalue weighted by atomic mass is 35.5. The minimum Gasteiger partial charge on any atom is -0.352 e. The van der Waals surface area contributed by atoms with Crippen LogP contribution in [-0.2, 0) is 4.79 Å². The van der Waals surface area contributed by atoms with E-state index in [1.54, 1.807) is 0 Å². The lowest BCUT2D eigenvalue weighted by molar-refractivity contribution is -0.123. The lowest BCUT2D eigenvalue weighted by atomic mass is 9.90. The molecule has 2 atom stereocenters. The fourth-order valence-corrected chi connectivity index (χ4v) is 3.05. The van der Waals surface area contributed by atoms with Crippen LogP contribution < -0.4 is 22.1 Å². The molecule has 25 heavy (non-hydrogen) atoms. The fourth-order valence-electron chi connectivity index (χ4n) is 3.05. The average Bonchev–Trinajstić information content (AvgIpc) is 2.45. The van der Waals surface area contributed by atoms with Crippen LogP contribution in [0.2, 0.25) is 0 Å².